The van der Waals surface area contributed by atoms with Crippen LogP contribution in [-0.4, -0.2) is 22.7 Å². The molecule has 3 heterocycles. The molecule has 0 bridgehead atoms. The predicted octanol–water partition coefficient (Wildman–Crippen LogP) is 4.51. The second-order valence-corrected chi connectivity index (χ2v) is 6.96. The molecule has 138 valence electrons. The van der Waals surface area contributed by atoms with Crippen LogP contribution >= 0.6 is 59.4 Å². The van der Waals surface area contributed by atoms with E-state index in [0.29, 0.717) is 28.7 Å². The lowest BCUT2D eigenvalue weighted by Gasteiger charge is -2.06. The molecule has 0 aliphatic heterocycles. The Morgan fingerprint density at radius 1 is 1.36 bits per heavy atom. The lowest BCUT2D eigenvalue weighted by atomic mass is 10.2. The van der Waals surface area contributed by atoms with Crippen molar-refractivity contribution in [3.63, 3.8) is 0 Å². The quantitative estimate of drug-likeness (QED) is 0.487. The second-order valence-electron chi connectivity index (χ2n) is 5.09. The van der Waals surface area contributed by atoms with Crippen molar-refractivity contribution in [2.75, 3.05) is 11.9 Å². The summed E-state index contributed by atoms with van der Waals surface area (Å²) in [6, 6.07) is 5.13. The first-order valence-electron chi connectivity index (χ1n) is 6.98. The van der Waals surface area contributed by atoms with Gasteiger partial charge in [0, 0.05) is 23.4 Å². The van der Waals surface area contributed by atoms with E-state index in [0.717, 1.165) is 21.0 Å². The van der Waals surface area contributed by atoms with Gasteiger partial charge in [-0.3, -0.25) is 0 Å². The van der Waals surface area contributed by atoms with Crippen molar-refractivity contribution in [2.45, 2.75) is 19.0 Å². The Balaban J connectivity index is 0.00000156. The number of halogens is 4. The SMILES string of the molecule is Cl.Cl.N[C@@H](CO)Cc1sc2c(NCc3ccco3)cc(Cl)nc2c1Cl. The minimum atomic E-state index is -0.351. The Hall–Kier alpha value is -0.730. The molecule has 0 fully saturated rings. The molecule has 0 radical (unpaired) electrons. The maximum absolute atomic E-state index is 9.13. The average molecular weight is 445 g/mol. The largest absolute Gasteiger partial charge is 0.467 e. The van der Waals surface area contributed by atoms with Crippen LogP contribution in [0.3, 0.4) is 0 Å². The normalized spacial score (nSPS) is 11.7. The molecule has 0 spiro atoms. The number of hydrogen-bond donors (Lipinski definition) is 3. The van der Waals surface area contributed by atoms with Gasteiger partial charge >= 0.3 is 0 Å². The first-order chi connectivity index (χ1) is 11.1. The van der Waals surface area contributed by atoms with Gasteiger partial charge < -0.3 is 20.6 Å². The number of aliphatic hydroxyl groups excluding tert-OH is 1. The van der Waals surface area contributed by atoms with Crippen LogP contribution in [0.15, 0.2) is 28.9 Å². The number of rotatable bonds is 6. The molecule has 3 aromatic heterocycles. The molecule has 5 nitrogen and oxygen atoms in total. The van der Waals surface area contributed by atoms with Gasteiger partial charge in [-0.25, -0.2) is 4.98 Å². The Morgan fingerprint density at radius 2 is 2.12 bits per heavy atom. The van der Waals surface area contributed by atoms with E-state index >= 15 is 0 Å². The summed E-state index contributed by atoms with van der Waals surface area (Å²) in [5, 5.41) is 13.3. The van der Waals surface area contributed by atoms with Gasteiger partial charge in [-0.1, -0.05) is 23.2 Å². The van der Waals surface area contributed by atoms with Gasteiger partial charge in [0.15, 0.2) is 0 Å². The minimum Gasteiger partial charge on any atom is -0.467 e. The number of aliphatic hydroxyl groups is 1. The van der Waals surface area contributed by atoms with E-state index in [1.54, 1.807) is 12.3 Å². The zero-order valence-electron chi connectivity index (χ0n) is 12.9. The molecule has 1 atom stereocenters. The topological polar surface area (TPSA) is 84.3 Å². The zero-order chi connectivity index (χ0) is 16.4. The standard InChI is InChI=1S/C15H15Cl2N3O2S.2ClH/c16-12-5-10(19-6-9-2-1-3-22-9)15-14(20-12)13(17)11(23-15)4-8(18)7-21;;/h1-3,5,8,21H,4,6-7,18H2,(H,19,20);2*1H/t8-;;/m1../s1. The van der Waals surface area contributed by atoms with Crippen molar-refractivity contribution >= 4 is 75.3 Å². The van der Waals surface area contributed by atoms with Crippen molar-refractivity contribution in [1.82, 2.24) is 4.98 Å². The summed E-state index contributed by atoms with van der Waals surface area (Å²) in [4.78, 5) is 5.20. The number of anilines is 1. The van der Waals surface area contributed by atoms with E-state index in [9.17, 15) is 0 Å². The summed E-state index contributed by atoms with van der Waals surface area (Å²) in [6.07, 6.45) is 2.12. The Labute approximate surface area is 171 Å². The number of nitrogens with zero attached hydrogens (tertiary/aromatic N) is 1. The first-order valence-corrected chi connectivity index (χ1v) is 8.56. The molecular formula is C15H17Cl4N3O2S. The Morgan fingerprint density at radius 3 is 2.76 bits per heavy atom. The molecule has 0 unspecified atom stereocenters. The average Bonchev–Trinajstić information content (AvgIpc) is 3.15. The number of pyridine rings is 1. The van der Waals surface area contributed by atoms with E-state index < -0.39 is 0 Å². The minimum absolute atomic E-state index is 0. The fraction of sp³-hybridized carbons (Fsp3) is 0.267. The molecule has 0 saturated heterocycles. The molecule has 4 N–H and O–H groups in total. The third kappa shape index (κ3) is 5.14. The van der Waals surface area contributed by atoms with E-state index in [-0.39, 0.29) is 37.5 Å². The summed E-state index contributed by atoms with van der Waals surface area (Å²) in [7, 11) is 0. The van der Waals surface area contributed by atoms with Crippen LogP contribution < -0.4 is 11.1 Å². The molecule has 0 aromatic carbocycles. The smallest absolute Gasteiger partial charge is 0.131 e. The molecule has 0 aliphatic carbocycles. The summed E-state index contributed by atoms with van der Waals surface area (Å²) >= 11 is 14.0. The van der Waals surface area contributed by atoms with E-state index in [1.807, 2.05) is 12.1 Å². The summed E-state index contributed by atoms with van der Waals surface area (Å²) in [5.74, 6) is 0.816. The number of thiophene rings is 1. The van der Waals surface area contributed by atoms with Crippen molar-refractivity contribution in [3.8, 4) is 0 Å². The number of nitrogens with one attached hydrogen (secondary N) is 1. The van der Waals surface area contributed by atoms with Crippen molar-refractivity contribution in [2.24, 2.45) is 5.73 Å². The van der Waals surface area contributed by atoms with Crippen LogP contribution in [0.4, 0.5) is 5.69 Å². The van der Waals surface area contributed by atoms with E-state index in [4.69, 9.17) is 38.5 Å². The highest BCUT2D eigenvalue weighted by Crippen LogP contribution is 2.40. The van der Waals surface area contributed by atoms with Gasteiger partial charge in [-0.05, 0) is 12.1 Å². The highest BCUT2D eigenvalue weighted by Gasteiger charge is 2.17. The number of furan rings is 1. The molecule has 0 saturated carbocycles. The van der Waals surface area contributed by atoms with E-state index in [1.165, 1.54) is 11.3 Å². The fourth-order valence-corrected chi connectivity index (χ4v) is 4.01. The number of aromatic nitrogens is 1. The van der Waals surface area contributed by atoms with Gasteiger partial charge in [0.2, 0.25) is 0 Å². The summed E-state index contributed by atoms with van der Waals surface area (Å²) in [5.41, 5.74) is 7.29. The molecule has 25 heavy (non-hydrogen) atoms. The van der Waals surface area contributed by atoms with Gasteiger partial charge in [0.25, 0.3) is 0 Å². The van der Waals surface area contributed by atoms with Crippen molar-refractivity contribution < 1.29 is 9.52 Å². The maximum Gasteiger partial charge on any atom is 0.131 e. The fourth-order valence-electron chi connectivity index (χ4n) is 2.21. The molecular weight excluding hydrogens is 428 g/mol. The van der Waals surface area contributed by atoms with Crippen LogP contribution in [-0.2, 0) is 13.0 Å². The molecule has 0 amide bonds. The van der Waals surface area contributed by atoms with Crippen LogP contribution in [0.1, 0.15) is 10.6 Å². The lowest BCUT2D eigenvalue weighted by molar-refractivity contribution is 0.266. The van der Waals surface area contributed by atoms with Crippen LogP contribution in [0.5, 0.6) is 0 Å². The maximum atomic E-state index is 9.13. The third-order valence-corrected chi connectivity index (χ3v) is 5.28. The third-order valence-electron chi connectivity index (χ3n) is 3.33. The summed E-state index contributed by atoms with van der Waals surface area (Å²) < 4.78 is 6.22. The van der Waals surface area contributed by atoms with Gasteiger partial charge in [-0.2, -0.15) is 0 Å². The van der Waals surface area contributed by atoms with Gasteiger partial charge in [0.1, 0.15) is 16.4 Å². The highest BCUT2D eigenvalue weighted by atomic mass is 35.5. The van der Waals surface area contributed by atoms with Crippen LogP contribution in [0, 0.1) is 0 Å². The van der Waals surface area contributed by atoms with Gasteiger partial charge in [0.05, 0.1) is 34.8 Å². The van der Waals surface area contributed by atoms with Crippen LogP contribution in [0.25, 0.3) is 10.2 Å². The number of nitrogens with two attached hydrogens (primary N) is 1. The van der Waals surface area contributed by atoms with Gasteiger partial charge in [-0.15, -0.1) is 36.2 Å². The molecule has 10 heteroatoms. The Kier molecular flexibility index (Phi) is 8.77. The number of fused-ring (bicyclic) bond motifs is 1. The highest BCUT2D eigenvalue weighted by molar-refractivity contribution is 7.20. The monoisotopic (exact) mass is 443 g/mol. The molecule has 3 aromatic rings. The lowest BCUT2D eigenvalue weighted by Crippen LogP contribution is -2.26. The predicted molar refractivity (Wildman–Crippen MR) is 109 cm³/mol. The molecule has 0 aliphatic rings. The van der Waals surface area contributed by atoms with Crippen LogP contribution in [0.2, 0.25) is 10.2 Å². The van der Waals surface area contributed by atoms with Crippen molar-refractivity contribution in [1.29, 1.82) is 0 Å². The second kappa shape index (κ2) is 9.83. The van der Waals surface area contributed by atoms with E-state index in [2.05, 4.69) is 10.3 Å². The molecule has 3 rings (SSSR count). The zero-order valence-corrected chi connectivity index (χ0v) is 16.8. The first kappa shape index (κ1) is 22.3. The summed E-state index contributed by atoms with van der Waals surface area (Å²) in [6.45, 7) is 0.436. The number of hydrogen-bond acceptors (Lipinski definition) is 6. The Bertz CT molecular complexity index is 811. The van der Waals surface area contributed by atoms with Crippen molar-refractivity contribution in [3.05, 3.63) is 45.3 Å².